The largest absolute Gasteiger partial charge is 0.285 e. The van der Waals surface area contributed by atoms with E-state index < -0.39 is 0 Å². The van der Waals surface area contributed by atoms with E-state index in [1.807, 2.05) is 5.92 Å². The summed E-state index contributed by atoms with van der Waals surface area (Å²) < 4.78 is 12.4. The summed E-state index contributed by atoms with van der Waals surface area (Å²) in [7, 11) is 0. The summed E-state index contributed by atoms with van der Waals surface area (Å²) in [5, 5.41) is 0. The van der Waals surface area contributed by atoms with E-state index in [-0.39, 0.29) is 18.0 Å². The lowest BCUT2D eigenvalue weighted by molar-refractivity contribution is -0.113. The molecule has 0 aliphatic rings. The summed E-state index contributed by atoms with van der Waals surface area (Å²) >= 11 is 0. The molecule has 0 saturated carbocycles. The monoisotopic (exact) mass is 162 g/mol. The average Bonchev–Trinajstić information content (AvgIpc) is 2.09. The molecule has 0 heterocycles. The molecule has 0 amide bonds. The summed E-state index contributed by atoms with van der Waals surface area (Å²) in [6.07, 6.45) is 5.05. The van der Waals surface area contributed by atoms with Gasteiger partial charge in [0.25, 0.3) is 0 Å². The molecule has 2 heteroatoms. The zero-order valence-corrected chi connectivity index (χ0v) is 6.38. The maximum Gasteiger partial charge on any atom is 0.209 e. The van der Waals surface area contributed by atoms with Crippen molar-refractivity contribution in [2.24, 2.45) is 0 Å². The van der Waals surface area contributed by atoms with Crippen LogP contribution in [0.25, 0.3) is 0 Å². The smallest absolute Gasteiger partial charge is 0.209 e. The first-order valence-corrected chi connectivity index (χ1v) is 3.46. The van der Waals surface area contributed by atoms with Crippen LogP contribution in [-0.4, -0.2) is 5.78 Å². The molecule has 12 heavy (non-hydrogen) atoms. The molecule has 0 aliphatic heterocycles. The average molecular weight is 162 g/mol. The van der Waals surface area contributed by atoms with Gasteiger partial charge in [-0.2, -0.15) is 0 Å². The molecule has 0 fully saturated rings. The Hall–Kier alpha value is -1.62. The van der Waals surface area contributed by atoms with Crippen LogP contribution in [0.5, 0.6) is 0 Å². The third kappa shape index (κ3) is 2.21. The SMILES string of the molecule is C#CC(=O)Cc1ccc(F)cc1. The fourth-order valence-electron chi connectivity index (χ4n) is 0.839. The first kappa shape index (κ1) is 8.48. The number of benzene rings is 1. The molecule has 0 saturated heterocycles. The molecular weight excluding hydrogens is 155 g/mol. The van der Waals surface area contributed by atoms with Gasteiger partial charge in [-0.3, -0.25) is 4.79 Å². The second-order valence-corrected chi connectivity index (χ2v) is 2.37. The Labute approximate surface area is 70.2 Å². The number of hydrogen-bond acceptors (Lipinski definition) is 1. The predicted octanol–water partition coefficient (Wildman–Crippen LogP) is 1.57. The lowest BCUT2D eigenvalue weighted by Gasteiger charge is -1.94. The van der Waals surface area contributed by atoms with E-state index in [2.05, 4.69) is 0 Å². The molecule has 1 nitrogen and oxygen atoms in total. The molecule has 0 spiro atoms. The van der Waals surface area contributed by atoms with Gasteiger partial charge in [-0.1, -0.05) is 12.1 Å². The number of terminal acetylenes is 1. The zero-order chi connectivity index (χ0) is 8.97. The molecule has 0 bridgehead atoms. The minimum Gasteiger partial charge on any atom is -0.285 e. The molecule has 0 atom stereocenters. The maximum atomic E-state index is 12.4. The van der Waals surface area contributed by atoms with Gasteiger partial charge in [0.15, 0.2) is 0 Å². The number of hydrogen-bond donors (Lipinski definition) is 0. The highest BCUT2D eigenvalue weighted by Gasteiger charge is 1.98. The van der Waals surface area contributed by atoms with Crippen molar-refractivity contribution in [2.75, 3.05) is 0 Å². The van der Waals surface area contributed by atoms with E-state index in [1.165, 1.54) is 12.1 Å². The number of Topliss-reactive ketones (excluding diaryl/α,β-unsaturated/α-hetero) is 1. The van der Waals surface area contributed by atoms with Gasteiger partial charge in [0.05, 0.1) is 0 Å². The van der Waals surface area contributed by atoms with Crippen molar-refractivity contribution >= 4 is 5.78 Å². The van der Waals surface area contributed by atoms with Crippen molar-refractivity contribution in [1.82, 2.24) is 0 Å². The van der Waals surface area contributed by atoms with Crippen LogP contribution in [0.3, 0.4) is 0 Å². The minimum atomic E-state index is -0.313. The summed E-state index contributed by atoms with van der Waals surface area (Å²) in [4.78, 5) is 10.7. The minimum absolute atomic E-state index is 0.177. The van der Waals surface area contributed by atoms with Crippen molar-refractivity contribution in [1.29, 1.82) is 0 Å². The van der Waals surface area contributed by atoms with Crippen molar-refractivity contribution in [2.45, 2.75) is 6.42 Å². The van der Waals surface area contributed by atoms with E-state index in [4.69, 9.17) is 6.42 Å². The van der Waals surface area contributed by atoms with E-state index >= 15 is 0 Å². The van der Waals surface area contributed by atoms with Crippen LogP contribution in [-0.2, 0) is 11.2 Å². The van der Waals surface area contributed by atoms with Crippen LogP contribution >= 0.6 is 0 Å². The molecule has 0 aromatic heterocycles. The third-order valence-electron chi connectivity index (χ3n) is 1.44. The first-order chi connectivity index (χ1) is 5.72. The van der Waals surface area contributed by atoms with Gasteiger partial charge in [0, 0.05) is 6.42 Å². The Bertz CT molecular complexity index is 319. The van der Waals surface area contributed by atoms with Gasteiger partial charge in [-0.25, -0.2) is 4.39 Å². The lowest BCUT2D eigenvalue weighted by Crippen LogP contribution is -1.98. The number of carbonyl (C=O) groups excluding carboxylic acids is 1. The Kier molecular flexibility index (Phi) is 2.60. The van der Waals surface area contributed by atoms with Crippen molar-refractivity contribution < 1.29 is 9.18 Å². The van der Waals surface area contributed by atoms with E-state index in [0.717, 1.165) is 5.56 Å². The molecule has 0 N–H and O–H groups in total. The lowest BCUT2D eigenvalue weighted by atomic mass is 10.1. The van der Waals surface area contributed by atoms with Crippen LogP contribution < -0.4 is 0 Å². The maximum absolute atomic E-state index is 12.4. The molecular formula is C10H7FO. The highest BCUT2D eigenvalue weighted by atomic mass is 19.1. The van der Waals surface area contributed by atoms with Gasteiger partial charge >= 0.3 is 0 Å². The Balaban J connectivity index is 2.73. The quantitative estimate of drug-likeness (QED) is 0.476. The van der Waals surface area contributed by atoms with E-state index in [9.17, 15) is 9.18 Å². The van der Waals surface area contributed by atoms with Crippen LogP contribution in [0.1, 0.15) is 5.56 Å². The molecule has 1 aromatic rings. The third-order valence-corrected chi connectivity index (χ3v) is 1.44. The topological polar surface area (TPSA) is 17.1 Å². The molecule has 0 unspecified atom stereocenters. The van der Waals surface area contributed by atoms with Crippen LogP contribution in [0, 0.1) is 18.2 Å². The summed E-state index contributed by atoms with van der Waals surface area (Å²) in [5.41, 5.74) is 0.736. The van der Waals surface area contributed by atoms with Crippen LogP contribution in [0.15, 0.2) is 24.3 Å². The normalized spacial score (nSPS) is 9.00. The zero-order valence-electron chi connectivity index (χ0n) is 6.38. The Morgan fingerprint density at radius 3 is 2.50 bits per heavy atom. The summed E-state index contributed by atoms with van der Waals surface area (Å²) in [6, 6.07) is 5.70. The molecule has 0 aliphatic carbocycles. The van der Waals surface area contributed by atoms with Crippen molar-refractivity contribution in [3.05, 3.63) is 35.6 Å². The number of halogens is 1. The molecule has 60 valence electrons. The molecule has 1 rings (SSSR count). The van der Waals surface area contributed by atoms with E-state index in [0.29, 0.717) is 0 Å². The number of ketones is 1. The summed E-state index contributed by atoms with van der Waals surface area (Å²) in [5.74, 6) is 1.39. The second-order valence-electron chi connectivity index (χ2n) is 2.37. The van der Waals surface area contributed by atoms with Gasteiger partial charge in [-0.15, -0.1) is 6.42 Å². The Morgan fingerprint density at radius 2 is 2.00 bits per heavy atom. The molecule has 1 aromatic carbocycles. The molecule has 0 radical (unpaired) electrons. The van der Waals surface area contributed by atoms with Gasteiger partial charge < -0.3 is 0 Å². The van der Waals surface area contributed by atoms with E-state index in [1.54, 1.807) is 12.1 Å². The van der Waals surface area contributed by atoms with Crippen LogP contribution in [0.2, 0.25) is 0 Å². The second kappa shape index (κ2) is 3.68. The number of rotatable bonds is 2. The highest BCUT2D eigenvalue weighted by molar-refractivity contribution is 5.96. The fraction of sp³-hybridized carbons (Fsp3) is 0.100. The van der Waals surface area contributed by atoms with Gasteiger partial charge in [0.2, 0.25) is 5.78 Å². The highest BCUT2D eigenvalue weighted by Crippen LogP contribution is 2.03. The van der Waals surface area contributed by atoms with Crippen molar-refractivity contribution in [3.8, 4) is 12.3 Å². The van der Waals surface area contributed by atoms with Gasteiger partial charge in [0.1, 0.15) is 5.82 Å². The van der Waals surface area contributed by atoms with Crippen LogP contribution in [0.4, 0.5) is 4.39 Å². The number of carbonyl (C=O) groups is 1. The summed E-state index contributed by atoms with van der Waals surface area (Å²) in [6.45, 7) is 0. The standard InChI is InChI=1S/C10H7FO/c1-2-10(12)7-8-3-5-9(11)6-4-8/h1,3-6H,7H2. The Morgan fingerprint density at radius 1 is 1.42 bits per heavy atom. The predicted molar refractivity (Wildman–Crippen MR) is 43.9 cm³/mol. The fourth-order valence-corrected chi connectivity index (χ4v) is 0.839. The van der Waals surface area contributed by atoms with Crippen molar-refractivity contribution in [3.63, 3.8) is 0 Å². The first-order valence-electron chi connectivity index (χ1n) is 3.46. The van der Waals surface area contributed by atoms with Gasteiger partial charge in [-0.05, 0) is 23.6 Å².